The van der Waals surface area contributed by atoms with Crippen molar-refractivity contribution in [3.05, 3.63) is 76.4 Å². The lowest BCUT2D eigenvalue weighted by Crippen LogP contribution is -2.34. The number of carbonyl (C=O) groups is 1. The van der Waals surface area contributed by atoms with Crippen molar-refractivity contribution in [1.82, 2.24) is 9.55 Å². The molecule has 4 N–H and O–H groups in total. The number of benzene rings is 2. The van der Waals surface area contributed by atoms with Crippen LogP contribution in [0.4, 0.5) is 11.4 Å². The number of carbonyl (C=O) groups excluding carboxylic acids is 1. The maximum atomic E-state index is 13.2. The SMILES string of the molecule is COC(=O)C(C)(C)C(c1ccc(C)c(Cn2ccnc2CC2CCCOCC2)c1)c1ccc(N(C)N)c(N)c1C. The van der Waals surface area contributed by atoms with Gasteiger partial charge in [0.2, 0.25) is 0 Å². The van der Waals surface area contributed by atoms with Crippen LogP contribution in [0.1, 0.15) is 72.7 Å². The third-order valence-corrected chi connectivity index (χ3v) is 8.55. The van der Waals surface area contributed by atoms with Crippen molar-refractivity contribution in [2.24, 2.45) is 17.2 Å². The van der Waals surface area contributed by atoms with Gasteiger partial charge in [-0.25, -0.2) is 10.8 Å². The number of esters is 1. The number of ether oxygens (including phenoxy) is 2. The predicted molar refractivity (Wildman–Crippen MR) is 160 cm³/mol. The maximum Gasteiger partial charge on any atom is 0.312 e. The molecule has 1 fully saturated rings. The van der Waals surface area contributed by atoms with E-state index in [2.05, 4.69) is 35.9 Å². The van der Waals surface area contributed by atoms with Gasteiger partial charge in [0.25, 0.3) is 0 Å². The van der Waals surface area contributed by atoms with Crippen LogP contribution < -0.4 is 16.6 Å². The topological polar surface area (TPSA) is 109 Å². The number of hydrogen-bond acceptors (Lipinski definition) is 7. The Morgan fingerprint density at radius 1 is 1.23 bits per heavy atom. The molecule has 0 aliphatic carbocycles. The number of rotatable bonds is 9. The Morgan fingerprint density at radius 2 is 2.00 bits per heavy atom. The van der Waals surface area contributed by atoms with Crippen molar-refractivity contribution < 1.29 is 14.3 Å². The highest BCUT2D eigenvalue weighted by Gasteiger charge is 2.41. The van der Waals surface area contributed by atoms with E-state index in [1.54, 1.807) is 7.05 Å². The molecule has 4 rings (SSSR count). The molecule has 1 aliphatic rings. The Kier molecular flexibility index (Phi) is 9.21. The van der Waals surface area contributed by atoms with Crippen LogP contribution in [0, 0.1) is 25.2 Å². The number of methoxy groups -OCH3 is 1. The number of nitrogen functional groups attached to an aromatic ring is 1. The standard InChI is InChI=1S/C32H45N5O3/c1-21-9-10-24(19-25(21)20-37-15-14-35-28(37)18-23-8-7-16-40-17-13-23)29(32(3,4)31(38)39-6)26-11-12-27(36(5)34)30(33)22(26)2/h9-12,14-15,19,23,29H,7-8,13,16-18,20,33-34H2,1-6H3. The Morgan fingerprint density at radius 3 is 2.73 bits per heavy atom. The number of hydrogen-bond donors (Lipinski definition) is 2. The molecule has 2 heterocycles. The van der Waals surface area contributed by atoms with E-state index in [0.717, 1.165) is 60.7 Å². The summed E-state index contributed by atoms with van der Waals surface area (Å²) in [4.78, 5) is 17.9. The van der Waals surface area contributed by atoms with Crippen molar-refractivity contribution in [1.29, 1.82) is 0 Å². The van der Waals surface area contributed by atoms with Crippen molar-refractivity contribution in [2.75, 3.05) is 38.1 Å². The molecule has 0 amide bonds. The van der Waals surface area contributed by atoms with Crippen LogP contribution in [-0.4, -0.2) is 42.9 Å². The average molecular weight is 548 g/mol. The Hall–Kier alpha value is -3.36. The summed E-state index contributed by atoms with van der Waals surface area (Å²) in [5.41, 5.74) is 12.3. The van der Waals surface area contributed by atoms with Crippen LogP contribution in [0.15, 0.2) is 42.7 Å². The molecule has 8 nitrogen and oxygen atoms in total. The molecule has 1 saturated heterocycles. The quantitative estimate of drug-likeness (QED) is 0.165. The maximum absolute atomic E-state index is 13.2. The van der Waals surface area contributed by atoms with Crippen LogP contribution in [0.2, 0.25) is 0 Å². The third kappa shape index (κ3) is 6.18. The first-order chi connectivity index (χ1) is 19.0. The summed E-state index contributed by atoms with van der Waals surface area (Å²) < 4.78 is 13.2. The van der Waals surface area contributed by atoms with E-state index < -0.39 is 5.41 Å². The van der Waals surface area contributed by atoms with Crippen LogP contribution in [0.25, 0.3) is 0 Å². The lowest BCUT2D eigenvalue weighted by atomic mass is 9.69. The van der Waals surface area contributed by atoms with Crippen molar-refractivity contribution in [3.8, 4) is 0 Å². The van der Waals surface area contributed by atoms with Gasteiger partial charge in [0, 0.05) is 51.5 Å². The van der Waals surface area contributed by atoms with E-state index in [1.165, 1.54) is 29.7 Å². The van der Waals surface area contributed by atoms with E-state index in [9.17, 15) is 4.79 Å². The number of hydrazine groups is 1. The van der Waals surface area contributed by atoms with Gasteiger partial charge in [-0.15, -0.1) is 0 Å². The minimum absolute atomic E-state index is 0.276. The van der Waals surface area contributed by atoms with Gasteiger partial charge in [0.1, 0.15) is 5.82 Å². The second-order valence-corrected chi connectivity index (χ2v) is 11.7. The van der Waals surface area contributed by atoms with Crippen LogP contribution in [0.3, 0.4) is 0 Å². The first-order valence-corrected chi connectivity index (χ1v) is 14.2. The molecular formula is C32H45N5O3. The van der Waals surface area contributed by atoms with Gasteiger partial charge < -0.3 is 24.8 Å². The van der Waals surface area contributed by atoms with Gasteiger partial charge in [-0.05, 0) is 86.8 Å². The van der Waals surface area contributed by atoms with Crippen LogP contribution in [0.5, 0.6) is 0 Å². The van der Waals surface area contributed by atoms with Crippen molar-refractivity contribution in [3.63, 3.8) is 0 Å². The number of nitrogens with zero attached hydrogens (tertiary/aromatic N) is 3. The first kappa shape index (κ1) is 29.6. The van der Waals surface area contributed by atoms with E-state index in [1.807, 2.05) is 39.1 Å². The van der Waals surface area contributed by atoms with Gasteiger partial charge in [0.15, 0.2) is 0 Å². The fourth-order valence-electron chi connectivity index (χ4n) is 6.05. The molecule has 216 valence electrons. The smallest absolute Gasteiger partial charge is 0.312 e. The van der Waals surface area contributed by atoms with Gasteiger partial charge in [-0.2, -0.15) is 0 Å². The fraction of sp³-hybridized carbons (Fsp3) is 0.500. The number of nitrogens with two attached hydrogens (primary N) is 2. The molecule has 2 unspecified atom stereocenters. The molecule has 2 aromatic carbocycles. The van der Waals surface area contributed by atoms with E-state index in [0.29, 0.717) is 18.2 Å². The van der Waals surface area contributed by atoms with Gasteiger partial charge in [-0.1, -0.05) is 24.3 Å². The third-order valence-electron chi connectivity index (χ3n) is 8.55. The number of anilines is 2. The largest absolute Gasteiger partial charge is 0.469 e. The minimum atomic E-state index is -0.851. The number of aryl methyl sites for hydroxylation is 1. The highest BCUT2D eigenvalue weighted by Crippen LogP contribution is 2.45. The summed E-state index contributed by atoms with van der Waals surface area (Å²) in [6.45, 7) is 10.4. The molecule has 40 heavy (non-hydrogen) atoms. The molecule has 2 atom stereocenters. The predicted octanol–water partition coefficient (Wildman–Crippen LogP) is 5.13. The molecule has 0 bridgehead atoms. The van der Waals surface area contributed by atoms with E-state index in [4.69, 9.17) is 26.0 Å². The molecule has 1 aromatic heterocycles. The molecular weight excluding hydrogens is 502 g/mol. The highest BCUT2D eigenvalue weighted by molar-refractivity contribution is 5.80. The summed E-state index contributed by atoms with van der Waals surface area (Å²) in [7, 11) is 3.21. The first-order valence-electron chi connectivity index (χ1n) is 14.2. The average Bonchev–Trinajstić information content (AvgIpc) is 3.18. The summed E-state index contributed by atoms with van der Waals surface area (Å²) in [6, 6.07) is 10.4. The summed E-state index contributed by atoms with van der Waals surface area (Å²) in [5, 5.41) is 1.52. The van der Waals surface area contributed by atoms with Gasteiger partial charge >= 0.3 is 5.97 Å². The summed E-state index contributed by atoms with van der Waals surface area (Å²) in [5.74, 6) is 7.15. The van der Waals surface area contributed by atoms with Crippen molar-refractivity contribution >= 4 is 17.3 Å². The summed E-state index contributed by atoms with van der Waals surface area (Å²) >= 11 is 0. The zero-order valence-corrected chi connectivity index (χ0v) is 24.9. The Bertz CT molecular complexity index is 1320. The molecule has 0 saturated carbocycles. The molecule has 1 aliphatic heterocycles. The second-order valence-electron chi connectivity index (χ2n) is 11.7. The fourth-order valence-corrected chi connectivity index (χ4v) is 6.05. The van der Waals surface area contributed by atoms with Gasteiger partial charge in [-0.3, -0.25) is 4.79 Å². The number of imidazole rings is 1. The highest BCUT2D eigenvalue weighted by atomic mass is 16.5. The zero-order chi connectivity index (χ0) is 29.0. The second kappa shape index (κ2) is 12.4. The lowest BCUT2D eigenvalue weighted by molar-refractivity contribution is -0.151. The minimum Gasteiger partial charge on any atom is -0.469 e. The summed E-state index contributed by atoms with van der Waals surface area (Å²) in [6.07, 6.45) is 8.27. The normalized spacial score (nSPS) is 16.8. The lowest BCUT2D eigenvalue weighted by Gasteiger charge is -2.35. The monoisotopic (exact) mass is 547 g/mol. The zero-order valence-electron chi connectivity index (χ0n) is 24.9. The molecule has 3 aromatic rings. The Balaban J connectivity index is 1.73. The Labute approximate surface area is 238 Å². The van der Waals surface area contributed by atoms with Crippen LogP contribution >= 0.6 is 0 Å². The number of aromatic nitrogens is 2. The molecule has 0 spiro atoms. The van der Waals surface area contributed by atoms with Crippen LogP contribution in [-0.2, 0) is 27.2 Å². The van der Waals surface area contributed by atoms with Crippen molar-refractivity contribution in [2.45, 2.75) is 65.8 Å². The van der Waals surface area contributed by atoms with E-state index >= 15 is 0 Å². The molecule has 0 radical (unpaired) electrons. The molecule has 8 heteroatoms. The van der Waals surface area contributed by atoms with E-state index in [-0.39, 0.29) is 11.9 Å². The van der Waals surface area contributed by atoms with Gasteiger partial charge in [0.05, 0.1) is 23.9 Å².